The standard InChI is InChI=1S/C7H11NO4S/c1-3-5-8(2)13(11,12)6-4-7(9)10/h1H,4-6H2,2H3,(H,9,10). The van der Waals surface area contributed by atoms with Crippen LogP contribution in [0.3, 0.4) is 0 Å². The van der Waals surface area contributed by atoms with E-state index in [9.17, 15) is 13.2 Å². The Balaban J connectivity index is 4.25. The monoisotopic (exact) mass is 205 g/mol. The van der Waals surface area contributed by atoms with E-state index in [1.54, 1.807) is 0 Å². The van der Waals surface area contributed by atoms with E-state index in [1.165, 1.54) is 7.05 Å². The van der Waals surface area contributed by atoms with E-state index in [4.69, 9.17) is 11.5 Å². The van der Waals surface area contributed by atoms with E-state index in [0.717, 1.165) is 4.31 Å². The van der Waals surface area contributed by atoms with Gasteiger partial charge in [-0.1, -0.05) is 5.92 Å². The molecule has 1 N–H and O–H groups in total. The highest BCUT2D eigenvalue weighted by atomic mass is 32.2. The number of aliphatic carboxylic acids is 1. The van der Waals surface area contributed by atoms with Crippen LogP contribution < -0.4 is 0 Å². The molecule has 0 aromatic carbocycles. The van der Waals surface area contributed by atoms with Gasteiger partial charge in [-0.05, 0) is 0 Å². The van der Waals surface area contributed by atoms with Crippen molar-refractivity contribution in [1.29, 1.82) is 0 Å². The number of carboxylic acids is 1. The van der Waals surface area contributed by atoms with Crippen LogP contribution in [-0.4, -0.2) is 43.1 Å². The summed E-state index contributed by atoms with van der Waals surface area (Å²) in [5.41, 5.74) is 0. The first kappa shape index (κ1) is 11.9. The van der Waals surface area contributed by atoms with Crippen LogP contribution in [0.15, 0.2) is 0 Å². The summed E-state index contributed by atoms with van der Waals surface area (Å²) in [6, 6.07) is 0. The Morgan fingerprint density at radius 1 is 1.62 bits per heavy atom. The number of terminal acetylenes is 1. The Kier molecular flexibility index (Phi) is 4.45. The Bertz CT molecular complexity index is 314. The van der Waals surface area contributed by atoms with Gasteiger partial charge in [0.05, 0.1) is 18.7 Å². The highest BCUT2D eigenvalue weighted by Gasteiger charge is 2.17. The number of rotatable bonds is 5. The third-order valence-corrected chi connectivity index (χ3v) is 3.16. The lowest BCUT2D eigenvalue weighted by molar-refractivity contribution is -0.136. The topological polar surface area (TPSA) is 74.7 Å². The van der Waals surface area contributed by atoms with Crippen LogP contribution >= 0.6 is 0 Å². The second kappa shape index (κ2) is 4.84. The molecule has 0 spiro atoms. The van der Waals surface area contributed by atoms with Gasteiger partial charge in [-0.15, -0.1) is 6.42 Å². The molecule has 0 atom stereocenters. The van der Waals surface area contributed by atoms with Crippen LogP contribution in [0.4, 0.5) is 0 Å². The average Bonchev–Trinajstić information content (AvgIpc) is 2.01. The van der Waals surface area contributed by atoms with Crippen molar-refractivity contribution >= 4 is 16.0 Å². The third kappa shape index (κ3) is 4.50. The van der Waals surface area contributed by atoms with Gasteiger partial charge in [-0.2, -0.15) is 4.31 Å². The van der Waals surface area contributed by atoms with Crippen molar-refractivity contribution < 1.29 is 18.3 Å². The van der Waals surface area contributed by atoms with Crippen LogP contribution in [0.1, 0.15) is 6.42 Å². The van der Waals surface area contributed by atoms with Crippen LogP contribution in [0.25, 0.3) is 0 Å². The minimum atomic E-state index is -3.51. The zero-order chi connectivity index (χ0) is 10.5. The van der Waals surface area contributed by atoms with E-state index in [-0.39, 0.29) is 6.54 Å². The molecular weight excluding hydrogens is 194 g/mol. The van der Waals surface area contributed by atoms with Crippen molar-refractivity contribution in [2.45, 2.75) is 6.42 Å². The highest BCUT2D eigenvalue weighted by Crippen LogP contribution is 1.99. The van der Waals surface area contributed by atoms with E-state index in [2.05, 4.69) is 5.92 Å². The molecule has 13 heavy (non-hydrogen) atoms. The van der Waals surface area contributed by atoms with Crippen molar-refractivity contribution in [3.63, 3.8) is 0 Å². The van der Waals surface area contributed by atoms with E-state index in [0.29, 0.717) is 0 Å². The molecule has 0 bridgehead atoms. The first-order valence-corrected chi connectivity index (χ1v) is 5.10. The maximum absolute atomic E-state index is 11.2. The molecule has 5 nitrogen and oxygen atoms in total. The molecule has 0 aliphatic rings. The fraction of sp³-hybridized carbons (Fsp3) is 0.571. The normalized spacial score (nSPS) is 11.2. The van der Waals surface area contributed by atoms with Crippen LogP contribution in [0.2, 0.25) is 0 Å². The number of nitrogens with zero attached hydrogens (tertiary/aromatic N) is 1. The summed E-state index contributed by atoms with van der Waals surface area (Å²) in [6.45, 7) is -0.0397. The van der Waals surface area contributed by atoms with Gasteiger partial charge in [0, 0.05) is 7.05 Å². The Labute approximate surface area is 77.4 Å². The van der Waals surface area contributed by atoms with Crippen molar-refractivity contribution in [3.05, 3.63) is 0 Å². The van der Waals surface area contributed by atoms with Crippen LogP contribution in [0, 0.1) is 12.3 Å². The Morgan fingerprint density at radius 2 is 2.15 bits per heavy atom. The third-order valence-electron chi connectivity index (χ3n) is 1.36. The van der Waals surface area contributed by atoms with Gasteiger partial charge in [0.15, 0.2) is 0 Å². The zero-order valence-electron chi connectivity index (χ0n) is 7.23. The summed E-state index contributed by atoms with van der Waals surface area (Å²) in [4.78, 5) is 10.1. The predicted molar refractivity (Wildman–Crippen MR) is 47.5 cm³/mol. The largest absolute Gasteiger partial charge is 0.481 e. The molecule has 0 aliphatic heterocycles. The summed E-state index contributed by atoms with van der Waals surface area (Å²) < 4.78 is 23.3. The lowest BCUT2D eigenvalue weighted by Gasteiger charge is -2.12. The summed E-state index contributed by atoms with van der Waals surface area (Å²) in [5, 5.41) is 8.27. The second-order valence-corrected chi connectivity index (χ2v) is 4.62. The quantitative estimate of drug-likeness (QED) is 0.605. The molecular formula is C7H11NO4S. The number of carboxylic acid groups (broad SMARTS) is 1. The second-order valence-electron chi connectivity index (χ2n) is 2.42. The summed E-state index contributed by atoms with van der Waals surface area (Å²) in [7, 11) is -2.19. The van der Waals surface area contributed by atoms with Gasteiger partial charge >= 0.3 is 5.97 Å². The van der Waals surface area contributed by atoms with Gasteiger partial charge in [-0.3, -0.25) is 4.79 Å². The molecule has 0 rings (SSSR count). The van der Waals surface area contributed by atoms with E-state index >= 15 is 0 Å². The van der Waals surface area contributed by atoms with Crippen LogP contribution in [-0.2, 0) is 14.8 Å². The lowest BCUT2D eigenvalue weighted by Crippen LogP contribution is -2.30. The van der Waals surface area contributed by atoms with E-state index in [1.807, 2.05) is 0 Å². The maximum Gasteiger partial charge on any atom is 0.304 e. The molecule has 0 unspecified atom stereocenters. The van der Waals surface area contributed by atoms with Gasteiger partial charge in [0.2, 0.25) is 10.0 Å². The summed E-state index contributed by atoms with van der Waals surface area (Å²) >= 11 is 0. The minimum Gasteiger partial charge on any atom is -0.481 e. The van der Waals surface area contributed by atoms with E-state index < -0.39 is 28.2 Å². The van der Waals surface area contributed by atoms with Gasteiger partial charge in [0.25, 0.3) is 0 Å². The lowest BCUT2D eigenvalue weighted by atomic mass is 10.5. The van der Waals surface area contributed by atoms with Crippen molar-refractivity contribution in [2.24, 2.45) is 0 Å². The first-order valence-electron chi connectivity index (χ1n) is 3.49. The van der Waals surface area contributed by atoms with Gasteiger partial charge in [-0.25, -0.2) is 8.42 Å². The average molecular weight is 205 g/mol. The first-order chi connectivity index (χ1) is 5.90. The SMILES string of the molecule is C#CCN(C)S(=O)(=O)CCC(=O)O. The molecule has 0 fully saturated rings. The van der Waals surface area contributed by atoms with Crippen molar-refractivity contribution in [3.8, 4) is 12.3 Å². The molecule has 0 saturated heterocycles. The molecule has 0 radical (unpaired) electrons. The van der Waals surface area contributed by atoms with Gasteiger partial charge in [0.1, 0.15) is 0 Å². The highest BCUT2D eigenvalue weighted by molar-refractivity contribution is 7.89. The molecule has 0 aromatic heterocycles. The van der Waals surface area contributed by atoms with Gasteiger partial charge < -0.3 is 5.11 Å². The number of hydrogen-bond acceptors (Lipinski definition) is 3. The fourth-order valence-electron chi connectivity index (χ4n) is 0.599. The summed E-state index contributed by atoms with van der Waals surface area (Å²) in [5.74, 6) is 0.603. The molecule has 0 aromatic rings. The van der Waals surface area contributed by atoms with Crippen LogP contribution in [0.5, 0.6) is 0 Å². The zero-order valence-corrected chi connectivity index (χ0v) is 8.04. The maximum atomic E-state index is 11.2. The Morgan fingerprint density at radius 3 is 2.54 bits per heavy atom. The molecule has 0 amide bonds. The molecule has 0 heterocycles. The Hall–Kier alpha value is -1.06. The number of hydrogen-bond donors (Lipinski definition) is 1. The predicted octanol–water partition coefficient (Wildman–Crippen LogP) is -0.644. The number of carbonyl (C=O) groups is 1. The molecule has 6 heteroatoms. The molecule has 0 saturated carbocycles. The molecule has 0 aliphatic carbocycles. The fourth-order valence-corrected chi connectivity index (χ4v) is 1.61. The smallest absolute Gasteiger partial charge is 0.304 e. The van der Waals surface area contributed by atoms with Crippen molar-refractivity contribution in [1.82, 2.24) is 4.31 Å². The summed E-state index contributed by atoms with van der Waals surface area (Å²) in [6.07, 6.45) is 4.50. The molecule has 74 valence electrons. The van der Waals surface area contributed by atoms with Crippen molar-refractivity contribution in [2.75, 3.05) is 19.3 Å². The number of sulfonamides is 1. The minimum absolute atomic E-state index is 0.0397.